The number of rotatable bonds is 6. The summed E-state index contributed by atoms with van der Waals surface area (Å²) in [7, 11) is 1.35. The fourth-order valence-electron chi connectivity index (χ4n) is 1.11. The minimum Gasteiger partial charge on any atom is -0.469 e. The summed E-state index contributed by atoms with van der Waals surface area (Å²) in [5.74, 6) is -0.303. The first-order valence-corrected chi connectivity index (χ1v) is 5.25. The zero-order valence-corrected chi connectivity index (χ0v) is 10.1. The van der Waals surface area contributed by atoms with E-state index in [-0.39, 0.29) is 12.4 Å². The van der Waals surface area contributed by atoms with Crippen LogP contribution in [0.2, 0.25) is 0 Å². The maximum Gasteiger partial charge on any atom is 0.309 e. The molecular weight excluding hydrogens is 206 g/mol. The normalized spacial score (nSPS) is 13.2. The Balaban J connectivity index is 4.54. The molecule has 4 heteroatoms. The van der Waals surface area contributed by atoms with Gasteiger partial charge in [0.1, 0.15) is 0 Å². The average molecular weight is 225 g/mol. The minimum atomic E-state index is -0.303. The largest absolute Gasteiger partial charge is 0.469 e. The zero-order valence-electron chi connectivity index (χ0n) is 10.1. The van der Waals surface area contributed by atoms with Gasteiger partial charge in [-0.15, -0.1) is 0 Å². The van der Waals surface area contributed by atoms with Gasteiger partial charge < -0.3 is 9.94 Å². The second-order valence-corrected chi connectivity index (χ2v) is 3.28. The van der Waals surface area contributed by atoms with E-state index >= 15 is 0 Å². The Hall–Kier alpha value is -1.58. The van der Waals surface area contributed by atoms with Crippen molar-refractivity contribution in [2.75, 3.05) is 7.11 Å². The Kier molecular flexibility index (Phi) is 7.85. The third-order valence-electron chi connectivity index (χ3n) is 2.10. The number of oxime groups is 1. The van der Waals surface area contributed by atoms with Gasteiger partial charge in [-0.25, -0.2) is 0 Å². The van der Waals surface area contributed by atoms with Crippen LogP contribution in [0.5, 0.6) is 0 Å². The standard InChI is InChI=1S/C12H19NO3/c1-4-5-6-7-11(10(2)13-15)8-9-12(14)16-3/h5-6,8,15H,4,7,9H2,1-3H3. The zero-order chi connectivity index (χ0) is 12.4. The predicted octanol–water partition coefficient (Wildman–Crippen LogP) is 2.68. The van der Waals surface area contributed by atoms with E-state index in [4.69, 9.17) is 5.21 Å². The molecule has 0 aliphatic carbocycles. The highest BCUT2D eigenvalue weighted by molar-refractivity contribution is 5.98. The van der Waals surface area contributed by atoms with Crippen LogP contribution in [0.4, 0.5) is 0 Å². The van der Waals surface area contributed by atoms with E-state index in [0.29, 0.717) is 12.1 Å². The molecule has 0 aromatic carbocycles. The minimum absolute atomic E-state index is 0.193. The molecule has 0 atom stereocenters. The van der Waals surface area contributed by atoms with Crippen molar-refractivity contribution in [3.8, 4) is 0 Å². The van der Waals surface area contributed by atoms with Gasteiger partial charge in [0.2, 0.25) is 0 Å². The Bertz CT molecular complexity index is 303. The van der Waals surface area contributed by atoms with Crippen LogP contribution in [0.1, 0.15) is 33.1 Å². The highest BCUT2D eigenvalue weighted by Gasteiger charge is 2.03. The molecule has 0 rings (SSSR count). The molecule has 0 radical (unpaired) electrons. The summed E-state index contributed by atoms with van der Waals surface area (Å²) in [4.78, 5) is 11.0. The first kappa shape index (κ1) is 14.4. The maximum absolute atomic E-state index is 11.0. The number of carbonyl (C=O) groups excluding carboxylic acids is 1. The van der Waals surface area contributed by atoms with Crippen molar-refractivity contribution >= 4 is 11.7 Å². The first-order valence-electron chi connectivity index (χ1n) is 5.25. The molecule has 0 amide bonds. The Morgan fingerprint density at radius 2 is 2.06 bits per heavy atom. The maximum atomic E-state index is 11.0. The lowest BCUT2D eigenvalue weighted by Crippen LogP contribution is -2.01. The van der Waals surface area contributed by atoms with Gasteiger partial charge in [-0.1, -0.05) is 30.3 Å². The molecule has 0 fully saturated rings. The van der Waals surface area contributed by atoms with Gasteiger partial charge in [0.15, 0.2) is 0 Å². The van der Waals surface area contributed by atoms with Crippen molar-refractivity contribution in [1.82, 2.24) is 0 Å². The van der Waals surface area contributed by atoms with Gasteiger partial charge in [-0.3, -0.25) is 4.79 Å². The SMILES string of the molecule is CCC=CCC(=CCC(=O)OC)C(C)=NO. The number of allylic oxidation sites excluding steroid dienone is 3. The first-order chi connectivity index (χ1) is 7.65. The molecule has 0 unspecified atom stereocenters. The van der Waals surface area contributed by atoms with Crippen LogP contribution in [0.3, 0.4) is 0 Å². The lowest BCUT2D eigenvalue weighted by molar-refractivity contribution is -0.139. The van der Waals surface area contributed by atoms with E-state index in [9.17, 15) is 4.79 Å². The van der Waals surface area contributed by atoms with E-state index in [1.807, 2.05) is 19.1 Å². The van der Waals surface area contributed by atoms with Gasteiger partial charge in [-0.05, 0) is 25.3 Å². The fourth-order valence-corrected chi connectivity index (χ4v) is 1.11. The second-order valence-electron chi connectivity index (χ2n) is 3.28. The predicted molar refractivity (Wildman–Crippen MR) is 63.7 cm³/mol. The molecule has 0 aromatic heterocycles. The quantitative estimate of drug-likeness (QED) is 0.248. The molecule has 0 heterocycles. The number of hydrogen-bond acceptors (Lipinski definition) is 4. The topological polar surface area (TPSA) is 58.9 Å². The number of hydrogen-bond donors (Lipinski definition) is 1. The molecule has 1 N–H and O–H groups in total. The summed E-state index contributed by atoms with van der Waals surface area (Å²) < 4.78 is 4.54. The Morgan fingerprint density at radius 1 is 1.38 bits per heavy atom. The van der Waals surface area contributed by atoms with Gasteiger partial charge in [0.25, 0.3) is 0 Å². The summed E-state index contributed by atoms with van der Waals surface area (Å²) in [5, 5.41) is 11.8. The van der Waals surface area contributed by atoms with E-state index in [1.165, 1.54) is 7.11 Å². The Morgan fingerprint density at radius 3 is 2.56 bits per heavy atom. The molecule has 4 nitrogen and oxygen atoms in total. The molecule has 16 heavy (non-hydrogen) atoms. The van der Waals surface area contributed by atoms with Crippen molar-refractivity contribution in [3.63, 3.8) is 0 Å². The highest BCUT2D eigenvalue weighted by atomic mass is 16.5. The van der Waals surface area contributed by atoms with Gasteiger partial charge in [0.05, 0.1) is 19.2 Å². The summed E-state index contributed by atoms with van der Waals surface area (Å²) in [6.45, 7) is 3.74. The smallest absolute Gasteiger partial charge is 0.309 e. The number of methoxy groups -OCH3 is 1. The van der Waals surface area contributed by atoms with E-state index in [1.54, 1.807) is 13.0 Å². The van der Waals surface area contributed by atoms with E-state index < -0.39 is 0 Å². The van der Waals surface area contributed by atoms with Crippen LogP contribution in [-0.4, -0.2) is 24.0 Å². The van der Waals surface area contributed by atoms with Crippen molar-refractivity contribution in [1.29, 1.82) is 0 Å². The molecule has 0 spiro atoms. The van der Waals surface area contributed by atoms with Gasteiger partial charge in [0, 0.05) is 0 Å². The summed E-state index contributed by atoms with van der Waals surface area (Å²) in [6.07, 6.45) is 7.54. The third-order valence-corrected chi connectivity index (χ3v) is 2.10. The van der Waals surface area contributed by atoms with Crippen LogP contribution in [0, 0.1) is 0 Å². The second kappa shape index (κ2) is 8.71. The molecule has 0 saturated heterocycles. The fraction of sp³-hybridized carbons (Fsp3) is 0.500. The summed E-state index contributed by atoms with van der Waals surface area (Å²) in [5.41, 5.74) is 1.35. The van der Waals surface area contributed by atoms with Crippen LogP contribution in [-0.2, 0) is 9.53 Å². The molecular formula is C12H19NO3. The van der Waals surface area contributed by atoms with E-state index in [2.05, 4.69) is 9.89 Å². The lowest BCUT2D eigenvalue weighted by Gasteiger charge is -2.02. The third kappa shape index (κ3) is 6.01. The average Bonchev–Trinajstić information content (AvgIpc) is 2.32. The molecule has 90 valence electrons. The van der Waals surface area contributed by atoms with E-state index in [0.717, 1.165) is 12.0 Å². The number of esters is 1. The molecule has 0 saturated carbocycles. The van der Waals surface area contributed by atoms with Gasteiger partial charge in [-0.2, -0.15) is 0 Å². The van der Waals surface area contributed by atoms with Crippen molar-refractivity contribution in [2.45, 2.75) is 33.1 Å². The molecule has 0 aromatic rings. The summed E-state index contributed by atoms with van der Waals surface area (Å²) in [6, 6.07) is 0. The molecule has 0 aliphatic rings. The number of carbonyl (C=O) groups is 1. The van der Waals surface area contributed by atoms with Gasteiger partial charge >= 0.3 is 5.97 Å². The highest BCUT2D eigenvalue weighted by Crippen LogP contribution is 2.08. The monoisotopic (exact) mass is 225 g/mol. The lowest BCUT2D eigenvalue weighted by atomic mass is 10.1. The number of ether oxygens (including phenoxy) is 1. The van der Waals surface area contributed by atoms with Crippen LogP contribution in [0.25, 0.3) is 0 Å². The van der Waals surface area contributed by atoms with Crippen LogP contribution < -0.4 is 0 Å². The molecule has 0 aliphatic heterocycles. The Labute approximate surface area is 96.3 Å². The number of nitrogens with zero attached hydrogens (tertiary/aromatic N) is 1. The van der Waals surface area contributed by atoms with Crippen LogP contribution in [0.15, 0.2) is 29.0 Å². The van der Waals surface area contributed by atoms with Crippen molar-refractivity contribution in [2.24, 2.45) is 5.16 Å². The van der Waals surface area contributed by atoms with Crippen LogP contribution >= 0.6 is 0 Å². The molecule has 0 bridgehead atoms. The summed E-state index contributed by atoms with van der Waals surface area (Å²) >= 11 is 0. The van der Waals surface area contributed by atoms with Crippen molar-refractivity contribution in [3.05, 3.63) is 23.8 Å². The van der Waals surface area contributed by atoms with Crippen molar-refractivity contribution < 1.29 is 14.7 Å².